The summed E-state index contributed by atoms with van der Waals surface area (Å²) in [6.07, 6.45) is 0. The Labute approximate surface area is 193 Å². The van der Waals surface area contributed by atoms with E-state index in [9.17, 15) is 44.2 Å². The lowest BCUT2D eigenvalue weighted by Gasteiger charge is -2.13. The molecule has 0 saturated carbocycles. The minimum atomic E-state index is -2.37. The van der Waals surface area contributed by atoms with Crippen molar-refractivity contribution in [3.63, 3.8) is 0 Å². The van der Waals surface area contributed by atoms with E-state index in [1.54, 1.807) is 0 Å². The summed E-state index contributed by atoms with van der Waals surface area (Å²) in [5.41, 5.74) is -3.59. The topological polar surface area (TPSA) is 222 Å². The van der Waals surface area contributed by atoms with Crippen molar-refractivity contribution in [2.75, 3.05) is 12.4 Å². The zero-order valence-corrected chi connectivity index (χ0v) is 17.5. The molecule has 0 bridgehead atoms. The van der Waals surface area contributed by atoms with Crippen LogP contribution in [0.1, 0.15) is 11.6 Å². The van der Waals surface area contributed by atoms with Crippen LogP contribution in [0.25, 0.3) is 11.0 Å². The number of hydrogen-bond acceptors (Lipinski definition) is 11. The lowest BCUT2D eigenvalue weighted by Crippen LogP contribution is -2.39. The number of hydrogen-bond donors (Lipinski definition) is 2. The average Bonchev–Trinajstić information content (AvgIpc) is 2.83. The highest BCUT2D eigenvalue weighted by Crippen LogP contribution is 2.25. The standard InChI is InChI=1S/C20H13N5O10/c1-35-20(30)17(27)14(16(26)19(29)22-11-4-2-3-5-13(11)25(33)34)15-18(28)23-12-8-9(24(31)32)6-7-10(12)21-15/h2-8,14H,1H3,(H,22,29)(H,23,28)/t14-/m1/s1. The van der Waals surface area contributed by atoms with Gasteiger partial charge in [0.25, 0.3) is 28.6 Å². The number of H-pyrrole nitrogens is 1. The van der Waals surface area contributed by atoms with Crippen LogP contribution in [0.3, 0.4) is 0 Å². The number of carbonyl (C=O) groups is 4. The fourth-order valence-corrected chi connectivity index (χ4v) is 3.04. The third-order valence-corrected chi connectivity index (χ3v) is 4.67. The van der Waals surface area contributed by atoms with Crippen molar-refractivity contribution >= 4 is 51.5 Å². The van der Waals surface area contributed by atoms with Gasteiger partial charge in [0, 0.05) is 18.2 Å². The second-order valence-electron chi connectivity index (χ2n) is 6.79. The molecule has 178 valence electrons. The molecule has 35 heavy (non-hydrogen) atoms. The van der Waals surface area contributed by atoms with Crippen LogP contribution in [0.5, 0.6) is 0 Å². The van der Waals surface area contributed by atoms with E-state index in [1.165, 1.54) is 12.1 Å². The van der Waals surface area contributed by atoms with Crippen molar-refractivity contribution in [3.05, 3.63) is 78.7 Å². The average molecular weight is 483 g/mol. The zero-order valence-electron chi connectivity index (χ0n) is 17.5. The van der Waals surface area contributed by atoms with Crippen molar-refractivity contribution < 1.29 is 33.8 Å². The number of nitrogens with zero attached hydrogens (tertiary/aromatic N) is 3. The minimum Gasteiger partial charge on any atom is -0.463 e. The van der Waals surface area contributed by atoms with Crippen LogP contribution in [-0.4, -0.2) is 50.4 Å². The zero-order chi connectivity index (χ0) is 25.9. The van der Waals surface area contributed by atoms with Crippen molar-refractivity contribution in [1.29, 1.82) is 0 Å². The summed E-state index contributed by atoms with van der Waals surface area (Å²) < 4.78 is 4.31. The number of methoxy groups -OCH3 is 1. The fraction of sp³-hybridized carbons (Fsp3) is 0.100. The number of ether oxygens (including phenoxy) is 1. The summed E-state index contributed by atoms with van der Waals surface area (Å²) in [7, 11) is 0.826. The number of non-ortho nitro benzene ring substituents is 1. The van der Waals surface area contributed by atoms with E-state index in [0.717, 1.165) is 37.4 Å². The number of nitro groups is 2. The van der Waals surface area contributed by atoms with E-state index < -0.39 is 56.1 Å². The first kappa shape index (κ1) is 24.3. The third-order valence-electron chi connectivity index (χ3n) is 4.67. The number of aromatic amines is 1. The summed E-state index contributed by atoms with van der Waals surface area (Å²) in [4.78, 5) is 89.3. The van der Waals surface area contributed by atoms with Gasteiger partial charge in [-0.05, 0) is 12.1 Å². The molecule has 1 aromatic heterocycles. The number of nitro benzene ring substituents is 2. The molecule has 0 unspecified atom stereocenters. The Morgan fingerprint density at radius 1 is 1.03 bits per heavy atom. The second-order valence-corrected chi connectivity index (χ2v) is 6.79. The molecule has 15 nitrogen and oxygen atoms in total. The summed E-state index contributed by atoms with van der Waals surface area (Å²) in [5.74, 6) is -8.71. The number of rotatable bonds is 8. The van der Waals surface area contributed by atoms with Crippen LogP contribution in [0, 0.1) is 20.2 Å². The quantitative estimate of drug-likeness (QED) is 0.150. The van der Waals surface area contributed by atoms with Crippen molar-refractivity contribution in [1.82, 2.24) is 9.97 Å². The van der Waals surface area contributed by atoms with Gasteiger partial charge in [0.15, 0.2) is 0 Å². The van der Waals surface area contributed by atoms with Crippen LogP contribution in [-0.2, 0) is 23.9 Å². The van der Waals surface area contributed by atoms with E-state index >= 15 is 0 Å². The van der Waals surface area contributed by atoms with Gasteiger partial charge < -0.3 is 15.0 Å². The van der Waals surface area contributed by atoms with Crippen LogP contribution < -0.4 is 10.9 Å². The molecule has 0 aliphatic heterocycles. The Kier molecular flexibility index (Phi) is 6.70. The lowest BCUT2D eigenvalue weighted by molar-refractivity contribution is -0.384. The molecule has 15 heteroatoms. The van der Waals surface area contributed by atoms with Gasteiger partial charge in [0.2, 0.25) is 5.78 Å². The largest absolute Gasteiger partial charge is 0.463 e. The number of aromatic nitrogens is 2. The van der Waals surface area contributed by atoms with Crippen LogP contribution in [0.15, 0.2) is 47.3 Å². The van der Waals surface area contributed by atoms with E-state index in [0.29, 0.717) is 0 Å². The molecule has 1 amide bonds. The highest BCUT2D eigenvalue weighted by molar-refractivity contribution is 6.52. The maximum atomic E-state index is 12.9. The minimum absolute atomic E-state index is 0.0974. The number of Topliss-reactive ketones (excluding diaryl/α,β-unsaturated/α-hetero) is 2. The Balaban J connectivity index is 2.09. The Hall–Kier alpha value is -5.34. The van der Waals surface area contributed by atoms with E-state index in [2.05, 4.69) is 14.7 Å². The predicted octanol–water partition coefficient (Wildman–Crippen LogP) is 0.773. The second kappa shape index (κ2) is 9.65. The van der Waals surface area contributed by atoms with Crippen LogP contribution >= 0.6 is 0 Å². The van der Waals surface area contributed by atoms with Gasteiger partial charge in [-0.3, -0.25) is 39.4 Å². The first-order chi connectivity index (χ1) is 16.5. The third kappa shape index (κ3) is 4.87. The molecular formula is C20H13N5O10. The molecule has 2 aromatic carbocycles. The maximum Gasteiger partial charge on any atom is 0.375 e. The number of benzene rings is 2. The van der Waals surface area contributed by atoms with E-state index in [1.807, 2.05) is 5.32 Å². The molecule has 0 fully saturated rings. The van der Waals surface area contributed by atoms with E-state index in [-0.39, 0.29) is 22.4 Å². The summed E-state index contributed by atoms with van der Waals surface area (Å²) in [6.45, 7) is 0. The Morgan fingerprint density at radius 3 is 2.34 bits per heavy atom. The molecule has 0 aliphatic rings. The first-order valence-electron chi connectivity index (χ1n) is 9.44. The number of amides is 1. The van der Waals surface area contributed by atoms with Crippen LogP contribution in [0.2, 0.25) is 0 Å². The lowest BCUT2D eigenvalue weighted by atomic mass is 9.94. The fourth-order valence-electron chi connectivity index (χ4n) is 3.04. The van der Waals surface area contributed by atoms with Crippen LogP contribution in [0.4, 0.5) is 17.1 Å². The molecule has 0 radical (unpaired) electrons. The van der Waals surface area contributed by atoms with Crippen molar-refractivity contribution in [2.24, 2.45) is 0 Å². The van der Waals surface area contributed by atoms with Gasteiger partial charge in [-0.2, -0.15) is 0 Å². The van der Waals surface area contributed by atoms with Gasteiger partial charge in [0.05, 0.1) is 28.0 Å². The van der Waals surface area contributed by atoms with Gasteiger partial charge in [-0.15, -0.1) is 0 Å². The van der Waals surface area contributed by atoms with Gasteiger partial charge >= 0.3 is 5.97 Å². The molecule has 0 aliphatic carbocycles. The molecule has 3 rings (SSSR count). The predicted molar refractivity (Wildman–Crippen MR) is 116 cm³/mol. The maximum absolute atomic E-state index is 12.9. The number of fused-ring (bicyclic) bond motifs is 1. The monoisotopic (exact) mass is 483 g/mol. The summed E-state index contributed by atoms with van der Waals surface area (Å²) in [6, 6.07) is 7.94. The van der Waals surface area contributed by atoms with Crippen molar-refractivity contribution in [3.8, 4) is 0 Å². The first-order valence-corrected chi connectivity index (χ1v) is 9.44. The van der Waals surface area contributed by atoms with Crippen molar-refractivity contribution in [2.45, 2.75) is 5.92 Å². The smallest absolute Gasteiger partial charge is 0.375 e. The summed E-state index contributed by atoms with van der Waals surface area (Å²) >= 11 is 0. The summed E-state index contributed by atoms with van der Waals surface area (Å²) in [5, 5.41) is 24.1. The SMILES string of the molecule is COC(=O)C(=O)[C@@H](C(=O)C(=O)Nc1ccccc1[N+](=O)[O-])c1nc2ccc([N+](=O)[O-])cc2[nH]c1=O. The molecule has 3 aromatic rings. The highest BCUT2D eigenvalue weighted by atomic mass is 16.6. The number of carbonyl (C=O) groups excluding carboxylic acids is 4. The number of ketones is 2. The number of nitrogens with one attached hydrogen (secondary N) is 2. The molecule has 1 atom stereocenters. The molecule has 0 spiro atoms. The molecule has 0 saturated heterocycles. The van der Waals surface area contributed by atoms with Gasteiger partial charge in [-0.25, -0.2) is 9.78 Å². The van der Waals surface area contributed by atoms with Gasteiger partial charge in [0.1, 0.15) is 17.3 Å². The van der Waals surface area contributed by atoms with Gasteiger partial charge in [-0.1, -0.05) is 12.1 Å². The molecular weight excluding hydrogens is 470 g/mol. The molecule has 2 N–H and O–H groups in total. The Morgan fingerprint density at radius 2 is 1.71 bits per heavy atom. The number of para-hydroxylation sites is 2. The Bertz CT molecular complexity index is 1480. The highest BCUT2D eigenvalue weighted by Gasteiger charge is 2.41. The molecule has 1 heterocycles. The number of esters is 1. The number of anilines is 1. The normalized spacial score (nSPS) is 11.3. The van der Waals surface area contributed by atoms with E-state index in [4.69, 9.17) is 0 Å².